The average molecular weight is 412 g/mol. The van der Waals surface area contributed by atoms with Gasteiger partial charge in [0.15, 0.2) is 11.4 Å². The molecule has 0 amide bonds. The molecular formula is C20H15F3N6O. The second-order valence-corrected chi connectivity index (χ2v) is 6.71. The highest BCUT2D eigenvalue weighted by Gasteiger charge is 2.46. The van der Waals surface area contributed by atoms with Gasteiger partial charge in [-0.25, -0.2) is 18.2 Å². The molecule has 10 heteroatoms. The Bertz CT molecular complexity index is 1190. The molecule has 0 aliphatic carbocycles. The molecule has 3 N–H and O–H groups in total. The number of aromatic nitrogens is 2. The van der Waals surface area contributed by atoms with Crippen molar-refractivity contribution in [2.75, 3.05) is 18.5 Å². The van der Waals surface area contributed by atoms with Crippen LogP contribution in [0.15, 0.2) is 47.7 Å². The minimum absolute atomic E-state index is 0.0929. The van der Waals surface area contributed by atoms with Crippen molar-refractivity contribution >= 4 is 28.2 Å². The molecule has 0 saturated heterocycles. The number of aliphatic imine (C=N–C) groups is 1. The van der Waals surface area contributed by atoms with E-state index in [-0.39, 0.29) is 18.0 Å². The van der Waals surface area contributed by atoms with Gasteiger partial charge in [0, 0.05) is 29.0 Å². The number of alkyl halides is 2. The van der Waals surface area contributed by atoms with E-state index in [1.165, 1.54) is 24.5 Å². The van der Waals surface area contributed by atoms with Gasteiger partial charge in [-0.05, 0) is 30.3 Å². The van der Waals surface area contributed by atoms with Crippen molar-refractivity contribution in [2.24, 2.45) is 10.7 Å². The molecule has 0 radical (unpaired) electrons. The molecule has 0 bridgehead atoms. The third-order valence-electron chi connectivity index (χ3n) is 4.70. The SMILES string of the molecule is N#Cc1cnc2c(Nc3ccc(F)c(C4(C(F)F)COCC(N)=N4)c3)nccc2c1. The highest BCUT2D eigenvalue weighted by atomic mass is 19.3. The number of hydrogen-bond acceptors (Lipinski definition) is 7. The number of halogens is 3. The first-order chi connectivity index (χ1) is 14.4. The molecule has 1 unspecified atom stereocenters. The van der Waals surface area contributed by atoms with Crippen molar-refractivity contribution in [3.05, 3.63) is 59.7 Å². The summed E-state index contributed by atoms with van der Waals surface area (Å²) in [6, 6.07) is 9.03. The van der Waals surface area contributed by atoms with Gasteiger partial charge < -0.3 is 15.8 Å². The van der Waals surface area contributed by atoms with Crippen LogP contribution in [-0.2, 0) is 10.3 Å². The maximum Gasteiger partial charge on any atom is 0.269 e. The van der Waals surface area contributed by atoms with Gasteiger partial charge in [0.1, 0.15) is 29.8 Å². The molecule has 0 fully saturated rings. The number of nitriles is 1. The fraction of sp³-hybridized carbons (Fsp3) is 0.200. The fourth-order valence-electron chi connectivity index (χ4n) is 3.28. The highest BCUT2D eigenvalue weighted by Crippen LogP contribution is 2.38. The van der Waals surface area contributed by atoms with Gasteiger partial charge in [-0.15, -0.1) is 0 Å². The van der Waals surface area contributed by atoms with E-state index in [2.05, 4.69) is 20.3 Å². The number of ether oxygens (including phenoxy) is 1. The van der Waals surface area contributed by atoms with E-state index >= 15 is 0 Å². The van der Waals surface area contributed by atoms with Crippen LogP contribution in [0, 0.1) is 17.1 Å². The maximum atomic E-state index is 14.6. The summed E-state index contributed by atoms with van der Waals surface area (Å²) < 4.78 is 47.7. The molecule has 3 aromatic rings. The lowest BCUT2D eigenvalue weighted by molar-refractivity contribution is -0.0145. The number of benzene rings is 1. The summed E-state index contributed by atoms with van der Waals surface area (Å²) in [4.78, 5) is 12.3. The molecule has 0 spiro atoms. The number of hydrogen-bond donors (Lipinski definition) is 2. The molecule has 2 aromatic heterocycles. The topological polar surface area (TPSA) is 109 Å². The summed E-state index contributed by atoms with van der Waals surface area (Å²) in [5, 5.41) is 12.7. The van der Waals surface area contributed by atoms with Gasteiger partial charge in [0.2, 0.25) is 0 Å². The van der Waals surface area contributed by atoms with Gasteiger partial charge in [0.25, 0.3) is 6.43 Å². The van der Waals surface area contributed by atoms with Gasteiger partial charge in [-0.1, -0.05) is 0 Å². The van der Waals surface area contributed by atoms with Crippen LogP contribution in [0.4, 0.5) is 24.7 Å². The van der Waals surface area contributed by atoms with Crippen LogP contribution in [0.25, 0.3) is 10.9 Å². The molecule has 1 aliphatic rings. The predicted molar refractivity (Wildman–Crippen MR) is 104 cm³/mol. The van der Waals surface area contributed by atoms with Crippen LogP contribution in [0.5, 0.6) is 0 Å². The van der Waals surface area contributed by atoms with E-state index in [0.717, 1.165) is 6.07 Å². The van der Waals surface area contributed by atoms with Crippen LogP contribution in [0.1, 0.15) is 11.1 Å². The summed E-state index contributed by atoms with van der Waals surface area (Å²) in [5.41, 5.74) is 4.17. The lowest BCUT2D eigenvalue weighted by atomic mass is 9.90. The van der Waals surface area contributed by atoms with Crippen LogP contribution in [0.2, 0.25) is 0 Å². The summed E-state index contributed by atoms with van der Waals surface area (Å²) >= 11 is 0. The highest BCUT2D eigenvalue weighted by molar-refractivity contribution is 5.90. The zero-order valence-electron chi connectivity index (χ0n) is 15.4. The minimum atomic E-state index is -3.04. The number of amidine groups is 1. The van der Waals surface area contributed by atoms with E-state index in [0.29, 0.717) is 28.0 Å². The fourth-order valence-corrected chi connectivity index (χ4v) is 3.28. The normalized spacial score (nSPS) is 18.8. The van der Waals surface area contributed by atoms with Crippen molar-refractivity contribution < 1.29 is 17.9 Å². The molecule has 7 nitrogen and oxygen atoms in total. The lowest BCUT2D eigenvalue weighted by Crippen LogP contribution is -2.45. The number of fused-ring (bicyclic) bond motifs is 1. The maximum absolute atomic E-state index is 14.6. The van der Waals surface area contributed by atoms with Crippen molar-refractivity contribution in [1.82, 2.24) is 9.97 Å². The quantitative estimate of drug-likeness (QED) is 0.681. The first-order valence-electron chi connectivity index (χ1n) is 8.85. The molecule has 3 heterocycles. The Hall–Kier alpha value is -3.71. The number of nitrogens with zero attached hydrogens (tertiary/aromatic N) is 4. The van der Waals surface area contributed by atoms with E-state index < -0.39 is 24.4 Å². The third kappa shape index (κ3) is 3.40. The number of rotatable bonds is 4. The Morgan fingerprint density at radius 3 is 2.80 bits per heavy atom. The van der Waals surface area contributed by atoms with Crippen molar-refractivity contribution in [3.63, 3.8) is 0 Å². The lowest BCUT2D eigenvalue weighted by Gasteiger charge is -2.33. The number of anilines is 2. The third-order valence-corrected chi connectivity index (χ3v) is 4.70. The average Bonchev–Trinajstić information content (AvgIpc) is 2.74. The van der Waals surface area contributed by atoms with Crippen molar-refractivity contribution in [2.45, 2.75) is 12.0 Å². The Kier molecular flexibility index (Phi) is 4.97. The molecule has 1 aliphatic heterocycles. The van der Waals surface area contributed by atoms with Crippen LogP contribution >= 0.6 is 0 Å². The van der Waals surface area contributed by atoms with Crippen molar-refractivity contribution in [1.29, 1.82) is 5.26 Å². The number of nitrogens with two attached hydrogens (primary N) is 1. The van der Waals surface area contributed by atoms with E-state index in [1.54, 1.807) is 12.1 Å². The summed E-state index contributed by atoms with van der Waals surface area (Å²) in [6.07, 6.45) is -0.130. The first-order valence-corrected chi connectivity index (χ1v) is 8.85. The monoisotopic (exact) mass is 412 g/mol. The molecule has 30 heavy (non-hydrogen) atoms. The minimum Gasteiger partial charge on any atom is -0.385 e. The summed E-state index contributed by atoms with van der Waals surface area (Å²) in [5.74, 6) is -0.665. The van der Waals surface area contributed by atoms with Gasteiger partial charge >= 0.3 is 0 Å². The van der Waals surface area contributed by atoms with Crippen LogP contribution in [-0.4, -0.2) is 35.4 Å². The largest absolute Gasteiger partial charge is 0.385 e. The number of pyridine rings is 2. The number of nitrogens with one attached hydrogen (secondary N) is 1. The molecular weight excluding hydrogens is 397 g/mol. The van der Waals surface area contributed by atoms with Crippen LogP contribution < -0.4 is 11.1 Å². The van der Waals surface area contributed by atoms with E-state index in [1.807, 2.05) is 6.07 Å². The van der Waals surface area contributed by atoms with Crippen LogP contribution in [0.3, 0.4) is 0 Å². The summed E-state index contributed by atoms with van der Waals surface area (Å²) in [7, 11) is 0. The first kappa shape index (κ1) is 19.6. The Balaban J connectivity index is 1.77. The zero-order chi connectivity index (χ0) is 21.3. The Labute approximate surface area is 169 Å². The Morgan fingerprint density at radius 1 is 1.23 bits per heavy atom. The van der Waals surface area contributed by atoms with Crippen molar-refractivity contribution in [3.8, 4) is 6.07 Å². The zero-order valence-corrected chi connectivity index (χ0v) is 15.4. The molecule has 4 rings (SSSR count). The smallest absolute Gasteiger partial charge is 0.269 e. The van der Waals surface area contributed by atoms with E-state index in [9.17, 15) is 13.2 Å². The Morgan fingerprint density at radius 2 is 2.07 bits per heavy atom. The van der Waals surface area contributed by atoms with E-state index in [4.69, 9.17) is 15.7 Å². The summed E-state index contributed by atoms with van der Waals surface area (Å²) in [6.45, 7) is -0.596. The second kappa shape index (κ2) is 7.61. The van der Waals surface area contributed by atoms with Gasteiger partial charge in [-0.3, -0.25) is 9.98 Å². The standard InChI is InChI=1S/C20H15F3N6O/c21-15-2-1-13(6-14(15)20(19(22)23)10-30-9-16(25)29-20)28-18-17-12(3-4-26-18)5-11(7-24)8-27-17/h1-6,8,19H,9-10H2,(H2,25,29)(H,26,28). The second-order valence-electron chi connectivity index (χ2n) is 6.71. The molecule has 152 valence electrons. The molecule has 1 atom stereocenters. The predicted octanol–water partition coefficient (Wildman–Crippen LogP) is 3.23. The molecule has 0 saturated carbocycles. The van der Waals surface area contributed by atoms with Gasteiger partial charge in [0.05, 0.1) is 12.2 Å². The molecule has 1 aromatic carbocycles. The van der Waals surface area contributed by atoms with Gasteiger partial charge in [-0.2, -0.15) is 5.26 Å².